The number of hydrogen-bond acceptors (Lipinski definition) is 5. The number of rotatable bonds is 4. The van der Waals surface area contributed by atoms with Crippen molar-refractivity contribution in [1.29, 1.82) is 0 Å². The van der Waals surface area contributed by atoms with Gasteiger partial charge >= 0.3 is 0 Å². The first-order valence-electron chi connectivity index (χ1n) is 5.63. The molecule has 0 radical (unpaired) electrons. The molecule has 0 fully saturated rings. The Morgan fingerprint density at radius 1 is 1.58 bits per heavy atom. The summed E-state index contributed by atoms with van der Waals surface area (Å²) >= 11 is 5.96. The van der Waals surface area contributed by atoms with Crippen LogP contribution in [0.3, 0.4) is 0 Å². The Labute approximate surface area is 114 Å². The molecule has 2 rings (SSSR count). The third kappa shape index (κ3) is 3.27. The maximum absolute atomic E-state index is 11.5. The highest BCUT2D eigenvalue weighted by Gasteiger charge is 2.10. The first kappa shape index (κ1) is 13.4. The summed E-state index contributed by atoms with van der Waals surface area (Å²) in [6.07, 6.45) is 1.47. The fourth-order valence-electron chi connectivity index (χ4n) is 1.53. The standard InChI is InChI=1S/C11H13ClN6O/c1-7(13)11(19)14-5-8-4-9(12)2-3-10(8)18-6-15-16-17-18/h2-4,6-7H,5,13H2,1H3,(H,14,19). The first-order valence-corrected chi connectivity index (χ1v) is 6.01. The molecule has 2 aromatic rings. The number of aromatic nitrogens is 4. The number of benzene rings is 1. The largest absolute Gasteiger partial charge is 0.351 e. The number of carbonyl (C=O) groups is 1. The second kappa shape index (κ2) is 5.77. The van der Waals surface area contributed by atoms with E-state index in [1.165, 1.54) is 11.0 Å². The van der Waals surface area contributed by atoms with E-state index in [1.54, 1.807) is 25.1 Å². The second-order valence-electron chi connectivity index (χ2n) is 4.03. The van der Waals surface area contributed by atoms with Crippen molar-refractivity contribution in [3.8, 4) is 5.69 Å². The Kier molecular flexibility index (Phi) is 4.08. The van der Waals surface area contributed by atoms with Crippen LogP contribution in [0.25, 0.3) is 5.69 Å². The van der Waals surface area contributed by atoms with Gasteiger partial charge in [0.05, 0.1) is 11.7 Å². The number of nitrogens with two attached hydrogens (primary N) is 1. The number of halogens is 1. The highest BCUT2D eigenvalue weighted by molar-refractivity contribution is 6.30. The molecule has 8 heteroatoms. The van der Waals surface area contributed by atoms with E-state index in [0.29, 0.717) is 11.6 Å². The molecule has 0 spiro atoms. The maximum Gasteiger partial charge on any atom is 0.236 e. The van der Waals surface area contributed by atoms with Gasteiger partial charge in [-0.05, 0) is 41.1 Å². The van der Waals surface area contributed by atoms with E-state index in [4.69, 9.17) is 17.3 Å². The predicted octanol–water partition coefficient (Wildman–Crippen LogP) is 0.279. The Morgan fingerprint density at radius 2 is 2.37 bits per heavy atom. The first-order chi connectivity index (χ1) is 9.08. The van der Waals surface area contributed by atoms with Gasteiger partial charge in [-0.3, -0.25) is 4.79 Å². The van der Waals surface area contributed by atoms with Crippen LogP contribution in [-0.4, -0.2) is 32.2 Å². The van der Waals surface area contributed by atoms with E-state index in [9.17, 15) is 4.79 Å². The third-order valence-corrected chi connectivity index (χ3v) is 2.74. The van der Waals surface area contributed by atoms with Crippen molar-refractivity contribution in [3.63, 3.8) is 0 Å². The zero-order valence-electron chi connectivity index (χ0n) is 10.2. The van der Waals surface area contributed by atoms with Crippen molar-refractivity contribution in [2.45, 2.75) is 19.5 Å². The van der Waals surface area contributed by atoms with Gasteiger partial charge in [0.15, 0.2) is 0 Å². The van der Waals surface area contributed by atoms with Crippen LogP contribution in [0.1, 0.15) is 12.5 Å². The lowest BCUT2D eigenvalue weighted by molar-refractivity contribution is -0.122. The molecule has 0 saturated carbocycles. The molecule has 1 amide bonds. The van der Waals surface area contributed by atoms with Crippen LogP contribution in [0, 0.1) is 0 Å². The molecule has 0 bridgehead atoms. The molecule has 0 aliphatic rings. The third-order valence-electron chi connectivity index (χ3n) is 2.50. The Bertz CT molecular complexity index is 569. The molecule has 7 nitrogen and oxygen atoms in total. The van der Waals surface area contributed by atoms with Gasteiger partial charge in [0.2, 0.25) is 5.91 Å². The molecule has 1 heterocycles. The molecule has 1 atom stereocenters. The number of nitrogens with zero attached hydrogens (tertiary/aromatic N) is 4. The van der Waals surface area contributed by atoms with E-state index >= 15 is 0 Å². The fourth-order valence-corrected chi connectivity index (χ4v) is 1.73. The van der Waals surface area contributed by atoms with Crippen LogP contribution in [0.5, 0.6) is 0 Å². The van der Waals surface area contributed by atoms with Gasteiger partial charge in [-0.25, -0.2) is 4.68 Å². The predicted molar refractivity (Wildman–Crippen MR) is 69.7 cm³/mol. The fraction of sp³-hybridized carbons (Fsp3) is 0.273. The average Bonchev–Trinajstić information content (AvgIpc) is 2.89. The Hall–Kier alpha value is -1.99. The van der Waals surface area contributed by atoms with Crippen LogP contribution < -0.4 is 11.1 Å². The topological polar surface area (TPSA) is 98.7 Å². The summed E-state index contributed by atoms with van der Waals surface area (Å²) < 4.78 is 1.50. The normalized spacial score (nSPS) is 12.2. The monoisotopic (exact) mass is 280 g/mol. The zero-order chi connectivity index (χ0) is 13.8. The van der Waals surface area contributed by atoms with Crippen molar-refractivity contribution in [2.24, 2.45) is 5.73 Å². The van der Waals surface area contributed by atoms with E-state index in [2.05, 4.69) is 20.8 Å². The lowest BCUT2D eigenvalue weighted by atomic mass is 10.1. The van der Waals surface area contributed by atoms with Gasteiger partial charge in [0.1, 0.15) is 6.33 Å². The molecule has 1 aromatic carbocycles. The van der Waals surface area contributed by atoms with Gasteiger partial charge in [0, 0.05) is 11.6 Å². The Morgan fingerprint density at radius 3 is 3.00 bits per heavy atom. The molecular formula is C11H13ClN6O. The van der Waals surface area contributed by atoms with Crippen LogP contribution in [0.4, 0.5) is 0 Å². The van der Waals surface area contributed by atoms with E-state index < -0.39 is 6.04 Å². The maximum atomic E-state index is 11.5. The highest BCUT2D eigenvalue weighted by Crippen LogP contribution is 2.18. The minimum absolute atomic E-state index is 0.234. The molecule has 100 valence electrons. The summed E-state index contributed by atoms with van der Waals surface area (Å²) in [6.45, 7) is 1.92. The molecule has 19 heavy (non-hydrogen) atoms. The number of carbonyl (C=O) groups excluding carboxylic acids is 1. The van der Waals surface area contributed by atoms with E-state index in [1.807, 2.05) is 0 Å². The molecule has 1 aromatic heterocycles. The van der Waals surface area contributed by atoms with E-state index in [-0.39, 0.29) is 5.91 Å². The van der Waals surface area contributed by atoms with Crippen molar-refractivity contribution >= 4 is 17.5 Å². The van der Waals surface area contributed by atoms with Gasteiger partial charge < -0.3 is 11.1 Å². The highest BCUT2D eigenvalue weighted by atomic mass is 35.5. The molecule has 1 unspecified atom stereocenters. The number of amides is 1. The van der Waals surface area contributed by atoms with Crippen LogP contribution >= 0.6 is 11.6 Å². The van der Waals surface area contributed by atoms with E-state index in [0.717, 1.165) is 11.3 Å². The lowest BCUT2D eigenvalue weighted by Gasteiger charge is -2.11. The Balaban J connectivity index is 2.23. The van der Waals surface area contributed by atoms with Gasteiger partial charge in [-0.2, -0.15) is 0 Å². The number of tetrazole rings is 1. The summed E-state index contributed by atoms with van der Waals surface area (Å²) in [5.74, 6) is -0.234. The number of hydrogen-bond donors (Lipinski definition) is 2. The van der Waals surface area contributed by atoms with Gasteiger partial charge in [0.25, 0.3) is 0 Å². The zero-order valence-corrected chi connectivity index (χ0v) is 11.0. The summed E-state index contributed by atoms with van der Waals surface area (Å²) in [6, 6.07) is 4.71. The molecule has 0 aliphatic heterocycles. The number of nitrogens with one attached hydrogen (secondary N) is 1. The van der Waals surface area contributed by atoms with Crippen molar-refractivity contribution in [1.82, 2.24) is 25.5 Å². The molecular weight excluding hydrogens is 268 g/mol. The van der Waals surface area contributed by atoms with Crippen molar-refractivity contribution in [2.75, 3.05) is 0 Å². The minimum atomic E-state index is -0.560. The molecule has 0 saturated heterocycles. The van der Waals surface area contributed by atoms with Crippen LogP contribution in [-0.2, 0) is 11.3 Å². The SMILES string of the molecule is CC(N)C(=O)NCc1cc(Cl)ccc1-n1cnnn1. The molecule has 3 N–H and O–H groups in total. The summed E-state index contributed by atoms with van der Waals surface area (Å²) in [5.41, 5.74) is 7.04. The van der Waals surface area contributed by atoms with Crippen LogP contribution in [0.2, 0.25) is 5.02 Å². The summed E-state index contributed by atoms with van der Waals surface area (Å²) in [7, 11) is 0. The van der Waals surface area contributed by atoms with Gasteiger partial charge in [-0.1, -0.05) is 11.6 Å². The van der Waals surface area contributed by atoms with Crippen molar-refractivity contribution < 1.29 is 4.79 Å². The van der Waals surface area contributed by atoms with Crippen molar-refractivity contribution in [3.05, 3.63) is 35.1 Å². The molecule has 0 aliphatic carbocycles. The van der Waals surface area contributed by atoms with Crippen LogP contribution in [0.15, 0.2) is 24.5 Å². The lowest BCUT2D eigenvalue weighted by Crippen LogP contribution is -2.38. The second-order valence-corrected chi connectivity index (χ2v) is 4.47. The summed E-state index contributed by atoms with van der Waals surface area (Å²) in [5, 5.41) is 14.3. The average molecular weight is 281 g/mol. The van der Waals surface area contributed by atoms with Gasteiger partial charge in [-0.15, -0.1) is 5.10 Å². The minimum Gasteiger partial charge on any atom is -0.351 e. The quantitative estimate of drug-likeness (QED) is 0.838. The smallest absolute Gasteiger partial charge is 0.236 e. The summed E-state index contributed by atoms with van der Waals surface area (Å²) in [4.78, 5) is 11.5.